The zero-order valence-electron chi connectivity index (χ0n) is 21.8. The molecule has 0 bridgehead atoms. The molecule has 3 heterocycles. The molecule has 2 aliphatic heterocycles. The van der Waals surface area contributed by atoms with Crippen molar-refractivity contribution < 1.29 is 17.9 Å². The number of aromatic nitrogens is 2. The number of anilines is 1. The Kier molecular flexibility index (Phi) is 9.49. The maximum absolute atomic E-state index is 13.4. The number of carbonyl (C=O) groups excluding carboxylic acids is 1. The van der Waals surface area contributed by atoms with Crippen LogP contribution in [0.4, 0.5) is 5.82 Å². The molecule has 1 unspecified atom stereocenters. The molecule has 1 aromatic heterocycles. The minimum Gasteiger partial charge on any atom is -0.378 e. The molecule has 2 fully saturated rings. The molecule has 0 radical (unpaired) electrons. The highest BCUT2D eigenvalue weighted by Crippen LogP contribution is 2.26. The highest BCUT2D eigenvalue weighted by Gasteiger charge is 2.36. The van der Waals surface area contributed by atoms with E-state index in [0.717, 1.165) is 24.9 Å². The SMILES string of the molecule is CO[C@@H]1CN(C2CCN(C(=O)c3ncnc(NCc4ccc(Cl)c(Cl)c4)c3C)CC2)CCC1NS(C)(=O)=O. The van der Waals surface area contributed by atoms with E-state index in [9.17, 15) is 13.2 Å². The standard InChI is InChI=1S/C25H34Cl2N6O4S/c1-16-23(29-15-30-24(16)28-13-17-4-5-19(26)20(27)12-17)25(34)32-9-6-18(7-10-32)33-11-8-21(22(14-33)37-2)31-38(3,35)36/h4-5,12,15,18,21-22,31H,6-11,13-14H2,1-3H3,(H,28,29,30)/t21?,22-/m1/s1. The Bertz CT molecular complexity index is 1260. The van der Waals surface area contributed by atoms with Gasteiger partial charge in [-0.3, -0.25) is 9.69 Å². The Labute approximate surface area is 234 Å². The molecule has 2 aromatic rings. The van der Waals surface area contributed by atoms with E-state index >= 15 is 0 Å². The summed E-state index contributed by atoms with van der Waals surface area (Å²) in [5, 5.41) is 4.25. The van der Waals surface area contributed by atoms with E-state index in [2.05, 4.69) is 24.9 Å². The van der Waals surface area contributed by atoms with Crippen molar-refractivity contribution in [2.24, 2.45) is 0 Å². The van der Waals surface area contributed by atoms with Gasteiger partial charge in [-0.15, -0.1) is 0 Å². The first-order valence-electron chi connectivity index (χ1n) is 12.6. The van der Waals surface area contributed by atoms with Crippen LogP contribution in [-0.4, -0.2) is 91.8 Å². The smallest absolute Gasteiger partial charge is 0.272 e. The number of methoxy groups -OCH3 is 1. The Morgan fingerprint density at radius 2 is 1.87 bits per heavy atom. The summed E-state index contributed by atoms with van der Waals surface area (Å²) in [4.78, 5) is 26.2. The van der Waals surface area contributed by atoms with Crippen LogP contribution < -0.4 is 10.0 Å². The van der Waals surface area contributed by atoms with E-state index in [-0.39, 0.29) is 18.1 Å². The predicted molar refractivity (Wildman–Crippen MR) is 148 cm³/mol. The Hall–Kier alpha value is -2.02. The average Bonchev–Trinajstić information content (AvgIpc) is 2.89. The number of piperidine rings is 2. The van der Waals surface area contributed by atoms with Gasteiger partial charge in [0.15, 0.2) is 0 Å². The van der Waals surface area contributed by atoms with E-state index in [1.54, 1.807) is 19.2 Å². The fourth-order valence-corrected chi connectivity index (χ4v) is 6.32. The molecule has 2 atom stereocenters. The van der Waals surface area contributed by atoms with Crippen LogP contribution in [0.25, 0.3) is 0 Å². The molecule has 208 valence electrons. The lowest BCUT2D eigenvalue weighted by Crippen LogP contribution is -2.58. The molecule has 0 aliphatic carbocycles. The normalized spacial score (nSPS) is 21.4. The first-order valence-corrected chi connectivity index (χ1v) is 15.2. The van der Waals surface area contributed by atoms with Crippen LogP contribution in [0.5, 0.6) is 0 Å². The number of nitrogens with zero attached hydrogens (tertiary/aromatic N) is 4. The van der Waals surface area contributed by atoms with Gasteiger partial charge in [-0.1, -0.05) is 29.3 Å². The maximum atomic E-state index is 13.4. The Morgan fingerprint density at radius 3 is 2.53 bits per heavy atom. The molecule has 0 spiro atoms. The lowest BCUT2D eigenvalue weighted by atomic mass is 9.96. The topological polar surface area (TPSA) is 117 Å². The number of hydrogen-bond donors (Lipinski definition) is 2. The summed E-state index contributed by atoms with van der Waals surface area (Å²) in [6.07, 6.45) is 4.72. The number of ether oxygens (including phenoxy) is 1. The third kappa shape index (κ3) is 7.13. The van der Waals surface area contributed by atoms with Gasteiger partial charge in [0.1, 0.15) is 17.8 Å². The van der Waals surface area contributed by atoms with Crippen molar-refractivity contribution in [2.75, 3.05) is 44.9 Å². The van der Waals surface area contributed by atoms with Crippen LogP contribution in [0.15, 0.2) is 24.5 Å². The molecule has 2 N–H and O–H groups in total. The van der Waals surface area contributed by atoms with E-state index in [1.807, 2.05) is 17.9 Å². The molecule has 1 aromatic carbocycles. The summed E-state index contributed by atoms with van der Waals surface area (Å²) in [5.41, 5.74) is 2.03. The summed E-state index contributed by atoms with van der Waals surface area (Å²) in [5.74, 6) is 0.493. The van der Waals surface area contributed by atoms with Crippen LogP contribution in [0, 0.1) is 6.92 Å². The van der Waals surface area contributed by atoms with E-state index in [4.69, 9.17) is 27.9 Å². The number of likely N-dealkylation sites (tertiary alicyclic amines) is 2. The average molecular weight is 586 g/mol. The lowest BCUT2D eigenvalue weighted by molar-refractivity contribution is -0.0131. The molecule has 2 aliphatic rings. The van der Waals surface area contributed by atoms with Gasteiger partial charge >= 0.3 is 0 Å². The Balaban J connectivity index is 1.33. The zero-order valence-corrected chi connectivity index (χ0v) is 24.1. The molecule has 0 saturated carbocycles. The summed E-state index contributed by atoms with van der Waals surface area (Å²) in [6, 6.07) is 5.51. The zero-order chi connectivity index (χ0) is 27.4. The van der Waals surface area contributed by atoms with Crippen molar-refractivity contribution in [3.05, 3.63) is 51.4 Å². The molecule has 1 amide bonds. The minimum absolute atomic E-state index is 0.105. The van der Waals surface area contributed by atoms with E-state index in [1.165, 1.54) is 12.6 Å². The van der Waals surface area contributed by atoms with Crippen LogP contribution in [0.1, 0.15) is 40.9 Å². The van der Waals surface area contributed by atoms with E-state index in [0.29, 0.717) is 65.8 Å². The highest BCUT2D eigenvalue weighted by atomic mass is 35.5. The van der Waals surface area contributed by atoms with Gasteiger partial charge in [-0.25, -0.2) is 23.1 Å². The van der Waals surface area contributed by atoms with Gasteiger partial charge in [-0.05, 0) is 43.9 Å². The fraction of sp³-hybridized carbons (Fsp3) is 0.560. The Morgan fingerprint density at radius 1 is 1.13 bits per heavy atom. The van der Waals surface area contributed by atoms with Crippen LogP contribution in [0.2, 0.25) is 10.0 Å². The van der Waals surface area contributed by atoms with Crippen molar-refractivity contribution >= 4 is 45.0 Å². The molecule has 13 heteroatoms. The predicted octanol–water partition coefficient (Wildman–Crippen LogP) is 2.95. The van der Waals surface area contributed by atoms with Crippen LogP contribution in [0.3, 0.4) is 0 Å². The quantitative estimate of drug-likeness (QED) is 0.486. The molecular formula is C25H34Cl2N6O4S. The number of benzene rings is 1. The number of hydrogen-bond acceptors (Lipinski definition) is 8. The third-order valence-corrected chi connectivity index (χ3v) is 8.73. The third-order valence-electron chi connectivity index (χ3n) is 7.26. The van der Waals surface area contributed by atoms with Crippen molar-refractivity contribution in [2.45, 2.75) is 50.9 Å². The summed E-state index contributed by atoms with van der Waals surface area (Å²) >= 11 is 12.1. The number of carbonyl (C=O) groups is 1. The lowest BCUT2D eigenvalue weighted by Gasteiger charge is -2.44. The summed E-state index contributed by atoms with van der Waals surface area (Å²) in [6.45, 7) is 5.01. The van der Waals surface area contributed by atoms with Gasteiger partial charge in [0.25, 0.3) is 5.91 Å². The molecule has 4 rings (SSSR count). The van der Waals surface area contributed by atoms with Crippen LogP contribution in [-0.2, 0) is 21.3 Å². The first kappa shape index (κ1) is 29.0. The molecular weight excluding hydrogens is 551 g/mol. The number of halogens is 2. The van der Waals surface area contributed by atoms with Crippen molar-refractivity contribution in [1.82, 2.24) is 24.5 Å². The second kappa shape index (κ2) is 12.4. The molecule has 38 heavy (non-hydrogen) atoms. The molecule has 10 nitrogen and oxygen atoms in total. The first-order chi connectivity index (χ1) is 18.1. The van der Waals surface area contributed by atoms with Crippen molar-refractivity contribution in [3.8, 4) is 0 Å². The second-order valence-electron chi connectivity index (χ2n) is 9.88. The minimum atomic E-state index is -3.30. The van der Waals surface area contributed by atoms with Gasteiger partial charge < -0.3 is 15.0 Å². The summed E-state index contributed by atoms with van der Waals surface area (Å²) < 4.78 is 31.7. The number of rotatable bonds is 8. The van der Waals surface area contributed by atoms with Crippen molar-refractivity contribution in [1.29, 1.82) is 0 Å². The van der Waals surface area contributed by atoms with Gasteiger partial charge in [0.2, 0.25) is 10.0 Å². The summed E-state index contributed by atoms with van der Waals surface area (Å²) in [7, 11) is -1.68. The van der Waals surface area contributed by atoms with Gasteiger partial charge in [-0.2, -0.15) is 0 Å². The number of amides is 1. The fourth-order valence-electron chi connectivity index (χ4n) is 5.18. The highest BCUT2D eigenvalue weighted by molar-refractivity contribution is 7.88. The van der Waals surface area contributed by atoms with Gasteiger partial charge in [0, 0.05) is 51.4 Å². The number of nitrogens with one attached hydrogen (secondary N) is 2. The largest absolute Gasteiger partial charge is 0.378 e. The molecule has 2 saturated heterocycles. The van der Waals surface area contributed by atoms with Crippen molar-refractivity contribution in [3.63, 3.8) is 0 Å². The van der Waals surface area contributed by atoms with Crippen LogP contribution >= 0.6 is 23.2 Å². The maximum Gasteiger partial charge on any atom is 0.272 e. The second-order valence-corrected chi connectivity index (χ2v) is 12.5. The van der Waals surface area contributed by atoms with Gasteiger partial charge in [0.05, 0.1) is 28.4 Å². The number of sulfonamides is 1. The monoisotopic (exact) mass is 584 g/mol. The van der Waals surface area contributed by atoms with E-state index < -0.39 is 10.0 Å².